The van der Waals surface area contributed by atoms with Gasteiger partial charge in [-0.15, -0.1) is 0 Å². The lowest BCUT2D eigenvalue weighted by molar-refractivity contribution is -0.152. The third kappa shape index (κ3) is 5.14. The van der Waals surface area contributed by atoms with Crippen LogP contribution in [0.1, 0.15) is 47.3 Å². The molecular weight excluding hydrogens is 430 g/mol. The molecule has 1 saturated heterocycles. The smallest absolute Gasteiger partial charge is 0.251 e. The molecule has 7 heteroatoms. The number of piperazine rings is 1. The zero-order valence-electron chi connectivity index (χ0n) is 19.8. The van der Waals surface area contributed by atoms with E-state index in [1.165, 1.54) is 11.1 Å². The van der Waals surface area contributed by atoms with E-state index < -0.39 is 12.1 Å². The highest BCUT2D eigenvalue weighted by Gasteiger charge is 2.45. The molecule has 7 nitrogen and oxygen atoms in total. The molecule has 3 N–H and O–H groups in total. The van der Waals surface area contributed by atoms with E-state index in [-0.39, 0.29) is 42.7 Å². The van der Waals surface area contributed by atoms with Gasteiger partial charge in [0.15, 0.2) is 0 Å². The summed E-state index contributed by atoms with van der Waals surface area (Å²) in [6.07, 6.45) is 2.16. The minimum atomic E-state index is -0.535. The second-order valence-electron chi connectivity index (χ2n) is 9.71. The van der Waals surface area contributed by atoms with Crippen LogP contribution >= 0.6 is 0 Å². The van der Waals surface area contributed by atoms with Crippen molar-refractivity contribution in [3.05, 3.63) is 70.8 Å². The first-order valence-electron chi connectivity index (χ1n) is 12.0. The number of rotatable bonds is 8. The van der Waals surface area contributed by atoms with Crippen molar-refractivity contribution in [2.75, 3.05) is 13.2 Å². The lowest BCUT2D eigenvalue weighted by atomic mass is 9.90. The molecular formula is C27H33N3O4. The standard InChI is InChI=1S/C27H33N3O4/c1-17(2)13-23-26(33)29-24(22-14-20-5-3-4-6-21(20)15-22)27(34)30(23)16-18-7-9-19(10-8-18)25(32)28-11-12-31/h3-10,17,22-24,31H,11-16H2,1-2H3,(H,28,32)(H,29,33)/t23-,24-/m1/s1. The molecule has 0 bridgehead atoms. The van der Waals surface area contributed by atoms with E-state index in [9.17, 15) is 14.4 Å². The molecule has 0 unspecified atom stereocenters. The van der Waals surface area contributed by atoms with Crippen LogP contribution in [0.4, 0.5) is 0 Å². The normalized spacial score (nSPS) is 20.4. The number of nitrogens with zero attached hydrogens (tertiary/aromatic N) is 1. The van der Waals surface area contributed by atoms with Crippen molar-refractivity contribution in [2.45, 2.75) is 51.7 Å². The van der Waals surface area contributed by atoms with Crippen molar-refractivity contribution in [1.29, 1.82) is 0 Å². The Morgan fingerprint density at radius 3 is 2.32 bits per heavy atom. The first-order chi connectivity index (χ1) is 16.4. The van der Waals surface area contributed by atoms with Crippen LogP contribution in [0.3, 0.4) is 0 Å². The molecule has 0 radical (unpaired) electrons. The lowest BCUT2D eigenvalue weighted by Crippen LogP contribution is -2.65. The van der Waals surface area contributed by atoms with E-state index in [0.717, 1.165) is 18.4 Å². The van der Waals surface area contributed by atoms with Crippen LogP contribution in [0.15, 0.2) is 48.5 Å². The van der Waals surface area contributed by atoms with Crippen molar-refractivity contribution in [3.63, 3.8) is 0 Å². The Morgan fingerprint density at radius 1 is 1.09 bits per heavy atom. The third-order valence-corrected chi connectivity index (χ3v) is 6.74. The topological polar surface area (TPSA) is 98.7 Å². The molecule has 180 valence electrons. The van der Waals surface area contributed by atoms with E-state index in [0.29, 0.717) is 18.5 Å². The summed E-state index contributed by atoms with van der Waals surface area (Å²) in [6, 6.07) is 14.2. The minimum Gasteiger partial charge on any atom is -0.395 e. The first-order valence-corrected chi connectivity index (χ1v) is 12.0. The molecule has 3 amide bonds. The number of hydrogen-bond donors (Lipinski definition) is 3. The number of aliphatic hydroxyl groups excluding tert-OH is 1. The predicted molar refractivity (Wildman–Crippen MR) is 129 cm³/mol. The van der Waals surface area contributed by atoms with Gasteiger partial charge >= 0.3 is 0 Å². The number of hydrogen-bond acceptors (Lipinski definition) is 4. The van der Waals surface area contributed by atoms with E-state index in [2.05, 4.69) is 36.6 Å². The van der Waals surface area contributed by atoms with E-state index >= 15 is 0 Å². The second kappa shape index (κ2) is 10.4. The largest absolute Gasteiger partial charge is 0.395 e. The van der Waals surface area contributed by atoms with Crippen LogP contribution in [-0.4, -0.2) is 53.0 Å². The molecule has 0 spiro atoms. The van der Waals surface area contributed by atoms with E-state index in [4.69, 9.17) is 5.11 Å². The van der Waals surface area contributed by atoms with Crippen molar-refractivity contribution in [1.82, 2.24) is 15.5 Å². The van der Waals surface area contributed by atoms with Gasteiger partial charge in [-0.3, -0.25) is 14.4 Å². The summed E-state index contributed by atoms with van der Waals surface area (Å²) in [5.41, 5.74) is 3.85. The number of carbonyl (C=O) groups is 3. The van der Waals surface area contributed by atoms with Crippen LogP contribution in [-0.2, 0) is 29.0 Å². The number of benzene rings is 2. The summed E-state index contributed by atoms with van der Waals surface area (Å²) < 4.78 is 0. The molecule has 2 aliphatic rings. The molecule has 34 heavy (non-hydrogen) atoms. The fraction of sp³-hybridized carbons (Fsp3) is 0.444. The number of nitrogens with one attached hydrogen (secondary N) is 2. The summed E-state index contributed by atoms with van der Waals surface area (Å²) in [5.74, 6) is -0.0699. The number of fused-ring (bicyclic) bond motifs is 1. The van der Waals surface area contributed by atoms with Gasteiger partial charge in [0.05, 0.1) is 6.61 Å². The molecule has 1 aliphatic heterocycles. The van der Waals surface area contributed by atoms with E-state index in [1.54, 1.807) is 17.0 Å². The summed E-state index contributed by atoms with van der Waals surface area (Å²) in [5, 5.41) is 14.6. The van der Waals surface area contributed by atoms with Gasteiger partial charge in [0.2, 0.25) is 11.8 Å². The Bertz CT molecular complexity index is 1030. The maximum Gasteiger partial charge on any atom is 0.251 e. The molecule has 2 atom stereocenters. The highest BCUT2D eigenvalue weighted by Crippen LogP contribution is 2.32. The minimum absolute atomic E-state index is 0.0344. The number of carbonyl (C=O) groups excluding carboxylic acids is 3. The Hall–Kier alpha value is -3.19. The Balaban J connectivity index is 1.53. The summed E-state index contributed by atoms with van der Waals surface area (Å²) in [4.78, 5) is 40.8. The summed E-state index contributed by atoms with van der Waals surface area (Å²) in [7, 11) is 0. The molecule has 0 saturated carbocycles. The quantitative estimate of drug-likeness (QED) is 0.558. The van der Waals surface area contributed by atoms with Crippen LogP contribution in [0.25, 0.3) is 0 Å². The van der Waals surface area contributed by atoms with Crippen molar-refractivity contribution >= 4 is 17.7 Å². The van der Waals surface area contributed by atoms with Gasteiger partial charge in [0, 0.05) is 18.7 Å². The summed E-state index contributed by atoms with van der Waals surface area (Å²) in [6.45, 7) is 4.50. The average molecular weight is 464 g/mol. The monoisotopic (exact) mass is 463 g/mol. The Kier molecular flexibility index (Phi) is 7.32. The zero-order chi connectivity index (χ0) is 24.2. The van der Waals surface area contributed by atoms with Crippen molar-refractivity contribution in [3.8, 4) is 0 Å². The zero-order valence-corrected chi connectivity index (χ0v) is 19.8. The van der Waals surface area contributed by atoms with Crippen LogP contribution in [0.5, 0.6) is 0 Å². The molecule has 2 aromatic rings. The van der Waals surface area contributed by atoms with Gasteiger partial charge in [0.25, 0.3) is 5.91 Å². The highest BCUT2D eigenvalue weighted by atomic mass is 16.3. The van der Waals surface area contributed by atoms with Gasteiger partial charge < -0.3 is 20.6 Å². The summed E-state index contributed by atoms with van der Waals surface area (Å²) >= 11 is 0. The van der Waals surface area contributed by atoms with Gasteiger partial charge in [-0.1, -0.05) is 50.2 Å². The first kappa shape index (κ1) is 24.0. The number of amides is 3. The Labute approximate surface area is 200 Å². The van der Waals surface area contributed by atoms with Crippen LogP contribution < -0.4 is 10.6 Å². The van der Waals surface area contributed by atoms with Crippen LogP contribution in [0.2, 0.25) is 0 Å². The SMILES string of the molecule is CC(C)C[C@@H]1C(=O)N[C@H](C2Cc3ccccc3C2)C(=O)N1Cc1ccc(C(=O)NCCO)cc1. The second-order valence-corrected chi connectivity index (χ2v) is 9.71. The number of aliphatic hydroxyl groups is 1. The maximum absolute atomic E-state index is 13.7. The van der Waals surface area contributed by atoms with Gasteiger partial charge in [-0.25, -0.2) is 0 Å². The van der Waals surface area contributed by atoms with Gasteiger partial charge in [-0.2, -0.15) is 0 Å². The molecule has 1 fully saturated rings. The molecule has 1 heterocycles. The highest BCUT2D eigenvalue weighted by molar-refractivity contribution is 5.97. The molecule has 4 rings (SSSR count). The van der Waals surface area contributed by atoms with Gasteiger partial charge in [0.1, 0.15) is 12.1 Å². The maximum atomic E-state index is 13.7. The fourth-order valence-corrected chi connectivity index (χ4v) is 5.03. The van der Waals surface area contributed by atoms with E-state index in [1.807, 2.05) is 24.3 Å². The van der Waals surface area contributed by atoms with Crippen molar-refractivity contribution in [2.24, 2.45) is 11.8 Å². The van der Waals surface area contributed by atoms with Gasteiger partial charge in [-0.05, 0) is 59.9 Å². The third-order valence-electron chi connectivity index (χ3n) is 6.74. The predicted octanol–water partition coefficient (Wildman–Crippen LogP) is 2.07. The van der Waals surface area contributed by atoms with Crippen molar-refractivity contribution < 1.29 is 19.5 Å². The molecule has 2 aromatic carbocycles. The lowest BCUT2D eigenvalue weighted by Gasteiger charge is -2.41. The molecule has 1 aliphatic carbocycles. The van der Waals surface area contributed by atoms with Crippen LogP contribution in [0, 0.1) is 11.8 Å². The fourth-order valence-electron chi connectivity index (χ4n) is 5.03. The molecule has 0 aromatic heterocycles. The average Bonchev–Trinajstić information content (AvgIpc) is 3.26. The Morgan fingerprint density at radius 2 is 1.74 bits per heavy atom.